The molecule has 0 saturated heterocycles. The van der Waals surface area contributed by atoms with Crippen molar-refractivity contribution in [1.29, 1.82) is 0 Å². The zero-order valence-corrected chi connectivity index (χ0v) is 20.2. The Bertz CT molecular complexity index is 1480. The number of pyridine rings is 1. The number of benzene rings is 1. The first-order valence-corrected chi connectivity index (χ1v) is 12.0. The number of halogens is 6. The van der Waals surface area contributed by atoms with Gasteiger partial charge >= 0.3 is 12.4 Å². The molecular formula is C26H23F6N5O. The molecule has 1 aliphatic rings. The van der Waals surface area contributed by atoms with Crippen LogP contribution in [-0.4, -0.2) is 31.0 Å². The van der Waals surface area contributed by atoms with E-state index >= 15 is 0 Å². The molecule has 3 aromatic heterocycles. The maximum absolute atomic E-state index is 13.2. The Morgan fingerprint density at radius 3 is 2.42 bits per heavy atom. The van der Waals surface area contributed by atoms with Crippen LogP contribution in [0, 0.1) is 5.92 Å². The van der Waals surface area contributed by atoms with Crippen molar-refractivity contribution in [1.82, 2.24) is 24.3 Å². The lowest BCUT2D eigenvalue weighted by Crippen LogP contribution is -2.31. The number of aryl methyl sites for hydroxylation is 2. The standard InChI is InChI=1S/C26H23F6N5O/c1-2-19-23(37-13-18(26(30,31)32)7-8-21(37)34-19)24(38)33-12-15-3-5-16(6-4-15)20-14-36-10-9-17(25(27,28)29)11-22(36)35-20/h3-8,13-14,17H,2,9-12H2,1H3,(H,33,38)/t17-/m0/s1. The molecule has 5 rings (SSSR count). The molecule has 1 N–H and O–H groups in total. The molecule has 1 aromatic carbocycles. The van der Waals surface area contributed by atoms with E-state index in [1.165, 1.54) is 6.07 Å². The van der Waals surface area contributed by atoms with Gasteiger partial charge in [0.1, 0.15) is 17.2 Å². The number of aromatic nitrogens is 4. The van der Waals surface area contributed by atoms with Crippen LogP contribution < -0.4 is 5.32 Å². The smallest absolute Gasteiger partial charge is 0.347 e. The third-order valence-corrected chi connectivity index (χ3v) is 6.74. The zero-order chi connectivity index (χ0) is 27.2. The fourth-order valence-electron chi connectivity index (χ4n) is 4.65. The van der Waals surface area contributed by atoms with Crippen molar-refractivity contribution >= 4 is 11.6 Å². The van der Waals surface area contributed by atoms with Crippen LogP contribution in [0.3, 0.4) is 0 Å². The number of amides is 1. The van der Waals surface area contributed by atoms with Gasteiger partial charge in [0.25, 0.3) is 5.91 Å². The van der Waals surface area contributed by atoms with Crippen molar-refractivity contribution in [2.24, 2.45) is 5.92 Å². The summed E-state index contributed by atoms with van der Waals surface area (Å²) < 4.78 is 81.8. The molecule has 0 radical (unpaired) electrons. The van der Waals surface area contributed by atoms with Gasteiger partial charge in [-0.15, -0.1) is 0 Å². The van der Waals surface area contributed by atoms with Gasteiger partial charge in [-0.25, -0.2) is 9.97 Å². The molecule has 1 atom stereocenters. The summed E-state index contributed by atoms with van der Waals surface area (Å²) >= 11 is 0. The van der Waals surface area contributed by atoms with Gasteiger partial charge in [0.15, 0.2) is 0 Å². The highest BCUT2D eigenvalue weighted by Gasteiger charge is 2.41. The number of fused-ring (bicyclic) bond motifs is 2. The van der Waals surface area contributed by atoms with Gasteiger partial charge < -0.3 is 9.88 Å². The lowest BCUT2D eigenvalue weighted by molar-refractivity contribution is -0.179. The van der Waals surface area contributed by atoms with E-state index in [0.29, 0.717) is 23.6 Å². The van der Waals surface area contributed by atoms with Crippen LogP contribution in [0.4, 0.5) is 26.3 Å². The molecule has 0 fully saturated rings. The van der Waals surface area contributed by atoms with Crippen LogP contribution >= 0.6 is 0 Å². The van der Waals surface area contributed by atoms with Crippen LogP contribution in [0.15, 0.2) is 48.8 Å². The first-order chi connectivity index (χ1) is 17.9. The molecule has 1 amide bonds. The fraction of sp³-hybridized carbons (Fsp3) is 0.346. The van der Waals surface area contributed by atoms with E-state index < -0.39 is 29.7 Å². The van der Waals surface area contributed by atoms with Crippen LogP contribution in [0.25, 0.3) is 16.9 Å². The molecule has 0 unspecified atom stereocenters. The molecule has 0 saturated carbocycles. The van der Waals surface area contributed by atoms with Crippen molar-refractivity contribution in [2.75, 3.05) is 0 Å². The molecule has 0 spiro atoms. The molecule has 4 heterocycles. The second-order valence-corrected chi connectivity index (χ2v) is 9.25. The SMILES string of the molecule is CCc1nc2ccc(C(F)(F)F)cn2c1C(=O)NCc1ccc(-c2cn3c(n2)C[C@@H](C(F)(F)F)CC3)cc1. The Morgan fingerprint density at radius 2 is 1.76 bits per heavy atom. The number of carbonyl (C=O) groups excluding carboxylic acids is 1. The Morgan fingerprint density at radius 1 is 1.03 bits per heavy atom. The van der Waals surface area contributed by atoms with Gasteiger partial charge in [-0.2, -0.15) is 26.3 Å². The van der Waals surface area contributed by atoms with E-state index in [-0.39, 0.29) is 37.3 Å². The van der Waals surface area contributed by atoms with Crippen LogP contribution in [0.5, 0.6) is 0 Å². The predicted octanol–water partition coefficient (Wildman–Crippen LogP) is 5.83. The summed E-state index contributed by atoms with van der Waals surface area (Å²) in [5.41, 5.74) is 1.81. The topological polar surface area (TPSA) is 64.2 Å². The summed E-state index contributed by atoms with van der Waals surface area (Å²) in [6.07, 6.45) is -5.97. The first-order valence-electron chi connectivity index (χ1n) is 12.0. The van der Waals surface area contributed by atoms with Crippen molar-refractivity contribution < 1.29 is 31.1 Å². The third-order valence-electron chi connectivity index (χ3n) is 6.74. The molecule has 0 aliphatic carbocycles. The number of rotatable bonds is 5. The Hall–Kier alpha value is -3.83. The van der Waals surface area contributed by atoms with E-state index in [0.717, 1.165) is 27.8 Å². The summed E-state index contributed by atoms with van der Waals surface area (Å²) in [6, 6.07) is 9.19. The molecule has 1 aliphatic heterocycles. The lowest BCUT2D eigenvalue weighted by atomic mass is 9.97. The van der Waals surface area contributed by atoms with Crippen LogP contribution in [0.1, 0.15) is 46.5 Å². The Balaban J connectivity index is 1.30. The third kappa shape index (κ3) is 4.99. The van der Waals surface area contributed by atoms with Gasteiger partial charge in [0, 0.05) is 37.5 Å². The van der Waals surface area contributed by atoms with E-state index in [4.69, 9.17) is 0 Å². The lowest BCUT2D eigenvalue weighted by Gasteiger charge is -2.25. The molecule has 4 aromatic rings. The van der Waals surface area contributed by atoms with Crippen LogP contribution in [-0.2, 0) is 32.1 Å². The largest absolute Gasteiger partial charge is 0.417 e. The highest BCUT2D eigenvalue weighted by atomic mass is 19.4. The summed E-state index contributed by atoms with van der Waals surface area (Å²) in [4.78, 5) is 21.7. The highest BCUT2D eigenvalue weighted by Crippen LogP contribution is 2.35. The minimum absolute atomic E-state index is 0.0225. The maximum atomic E-state index is 13.2. The van der Waals surface area contributed by atoms with Gasteiger partial charge in [0.05, 0.1) is 22.9 Å². The monoisotopic (exact) mass is 535 g/mol. The van der Waals surface area contributed by atoms with E-state index in [2.05, 4.69) is 15.3 Å². The van der Waals surface area contributed by atoms with E-state index in [1.807, 2.05) is 0 Å². The van der Waals surface area contributed by atoms with Crippen LogP contribution in [0.2, 0.25) is 0 Å². The number of nitrogens with one attached hydrogen (secondary N) is 1. The number of imidazole rings is 2. The van der Waals surface area contributed by atoms with Gasteiger partial charge in [0.2, 0.25) is 0 Å². The minimum Gasteiger partial charge on any atom is -0.347 e. The number of alkyl halides is 6. The van der Waals surface area contributed by atoms with Crippen molar-refractivity contribution in [3.63, 3.8) is 0 Å². The predicted molar refractivity (Wildman–Crippen MR) is 126 cm³/mol. The second kappa shape index (κ2) is 9.48. The second-order valence-electron chi connectivity index (χ2n) is 9.25. The van der Waals surface area contributed by atoms with Gasteiger partial charge in [-0.05, 0) is 30.5 Å². The Kier molecular flexibility index (Phi) is 6.44. The first kappa shape index (κ1) is 25.8. The number of carbonyl (C=O) groups is 1. The van der Waals surface area contributed by atoms with E-state index in [1.54, 1.807) is 42.0 Å². The van der Waals surface area contributed by atoms with Gasteiger partial charge in [-0.1, -0.05) is 31.2 Å². The number of hydrogen-bond donors (Lipinski definition) is 1. The molecule has 12 heteroatoms. The van der Waals surface area contributed by atoms with E-state index in [9.17, 15) is 31.1 Å². The van der Waals surface area contributed by atoms with Gasteiger partial charge in [-0.3, -0.25) is 9.20 Å². The minimum atomic E-state index is -4.56. The number of nitrogens with zero attached hydrogens (tertiary/aromatic N) is 4. The average molecular weight is 535 g/mol. The highest BCUT2D eigenvalue weighted by molar-refractivity contribution is 5.94. The molecule has 0 bridgehead atoms. The Labute approximate surface area is 213 Å². The summed E-state index contributed by atoms with van der Waals surface area (Å²) in [6.45, 7) is 2.13. The normalized spacial score (nSPS) is 16.0. The summed E-state index contributed by atoms with van der Waals surface area (Å²) in [5, 5.41) is 2.74. The average Bonchev–Trinajstić information content (AvgIpc) is 3.47. The quantitative estimate of drug-likeness (QED) is 0.327. The summed E-state index contributed by atoms with van der Waals surface area (Å²) in [5.74, 6) is -1.55. The molecular weight excluding hydrogens is 512 g/mol. The van der Waals surface area contributed by atoms with Crippen molar-refractivity contribution in [3.8, 4) is 11.3 Å². The van der Waals surface area contributed by atoms with Crippen molar-refractivity contribution in [3.05, 3.63) is 77.1 Å². The molecule has 200 valence electrons. The zero-order valence-electron chi connectivity index (χ0n) is 20.2. The number of hydrogen-bond acceptors (Lipinski definition) is 3. The summed E-state index contributed by atoms with van der Waals surface area (Å²) in [7, 11) is 0. The van der Waals surface area contributed by atoms with Crippen molar-refractivity contribution in [2.45, 2.75) is 51.6 Å². The molecule has 38 heavy (non-hydrogen) atoms. The maximum Gasteiger partial charge on any atom is 0.417 e. The molecule has 6 nitrogen and oxygen atoms in total. The fourth-order valence-corrected chi connectivity index (χ4v) is 4.65.